The van der Waals surface area contributed by atoms with E-state index in [4.69, 9.17) is 0 Å². The van der Waals surface area contributed by atoms with Crippen LogP contribution in [0.4, 0.5) is 0 Å². The molecule has 1 rings (SSSR count). The Morgan fingerprint density at radius 2 is 2.14 bits per heavy atom. The van der Waals surface area contributed by atoms with E-state index in [9.17, 15) is 0 Å². The number of aromatic nitrogens is 2. The minimum atomic E-state index is 0.542. The van der Waals surface area contributed by atoms with E-state index in [1.54, 1.807) is 6.33 Å². The molecule has 0 bridgehead atoms. The molecule has 0 aromatic carbocycles. The summed E-state index contributed by atoms with van der Waals surface area (Å²) in [5.74, 6) is 2.34. The minimum Gasteiger partial charge on any atom is -0.309 e. The van der Waals surface area contributed by atoms with Gasteiger partial charge < -0.3 is 5.32 Å². The van der Waals surface area contributed by atoms with E-state index in [1.807, 2.05) is 24.2 Å². The van der Waals surface area contributed by atoms with Gasteiger partial charge in [0.1, 0.15) is 6.33 Å². The molecule has 1 heterocycles. The van der Waals surface area contributed by atoms with E-state index >= 15 is 0 Å². The van der Waals surface area contributed by atoms with Crippen molar-refractivity contribution < 1.29 is 0 Å². The quantitative estimate of drug-likeness (QED) is 0.777. The molecule has 0 saturated heterocycles. The van der Waals surface area contributed by atoms with Crippen molar-refractivity contribution in [1.82, 2.24) is 15.3 Å². The molecule has 0 spiro atoms. The fourth-order valence-electron chi connectivity index (χ4n) is 1.07. The van der Waals surface area contributed by atoms with Gasteiger partial charge in [0.2, 0.25) is 0 Å². The van der Waals surface area contributed by atoms with Crippen LogP contribution in [-0.2, 0) is 6.54 Å². The molecule has 0 aliphatic carbocycles. The van der Waals surface area contributed by atoms with Crippen LogP contribution < -0.4 is 5.32 Å². The molecule has 0 saturated carbocycles. The normalized spacial score (nSPS) is 12.7. The van der Waals surface area contributed by atoms with Crippen LogP contribution in [0.1, 0.15) is 19.4 Å². The molecular formula is C10H17N3S. The summed E-state index contributed by atoms with van der Waals surface area (Å²) in [6.45, 7) is 5.24. The van der Waals surface area contributed by atoms with Gasteiger partial charge in [-0.3, -0.25) is 0 Å². The summed E-state index contributed by atoms with van der Waals surface area (Å²) in [6, 6.07) is 0.542. The minimum absolute atomic E-state index is 0.542. The van der Waals surface area contributed by atoms with Crippen LogP contribution in [0.25, 0.3) is 0 Å². The topological polar surface area (TPSA) is 37.8 Å². The third-order valence-corrected chi connectivity index (χ3v) is 2.98. The van der Waals surface area contributed by atoms with Crippen molar-refractivity contribution >= 4 is 11.8 Å². The maximum Gasteiger partial charge on any atom is 0.115 e. The number of hydrogen-bond acceptors (Lipinski definition) is 4. The zero-order chi connectivity index (χ0) is 10.2. The lowest BCUT2D eigenvalue weighted by molar-refractivity contribution is 0.593. The standard InChI is InChI=1S/C10H17N3S/c1-3-14-7-9(2)13-6-10-4-11-8-12-5-10/h4-5,8-9,13H,3,6-7H2,1-2H3. The molecule has 0 radical (unpaired) electrons. The monoisotopic (exact) mass is 211 g/mol. The van der Waals surface area contributed by atoms with Gasteiger partial charge in [0.25, 0.3) is 0 Å². The Balaban J connectivity index is 2.20. The summed E-state index contributed by atoms with van der Waals surface area (Å²) >= 11 is 1.96. The largest absolute Gasteiger partial charge is 0.309 e. The van der Waals surface area contributed by atoms with Crippen molar-refractivity contribution in [3.05, 3.63) is 24.3 Å². The molecule has 0 fully saturated rings. The van der Waals surface area contributed by atoms with Gasteiger partial charge in [-0.15, -0.1) is 0 Å². The number of hydrogen-bond donors (Lipinski definition) is 1. The smallest absolute Gasteiger partial charge is 0.115 e. The van der Waals surface area contributed by atoms with Crippen molar-refractivity contribution in [3.63, 3.8) is 0 Å². The Morgan fingerprint density at radius 1 is 1.43 bits per heavy atom. The van der Waals surface area contributed by atoms with E-state index in [0.29, 0.717) is 6.04 Å². The van der Waals surface area contributed by atoms with Gasteiger partial charge in [0.05, 0.1) is 0 Å². The SMILES string of the molecule is CCSCC(C)NCc1cncnc1. The van der Waals surface area contributed by atoms with E-state index in [1.165, 1.54) is 5.75 Å². The summed E-state index contributed by atoms with van der Waals surface area (Å²) in [5.41, 5.74) is 1.14. The number of nitrogens with zero attached hydrogens (tertiary/aromatic N) is 2. The third kappa shape index (κ3) is 4.58. The van der Waals surface area contributed by atoms with E-state index in [0.717, 1.165) is 17.9 Å². The van der Waals surface area contributed by atoms with Crippen LogP contribution in [0, 0.1) is 0 Å². The first-order valence-electron chi connectivity index (χ1n) is 4.88. The molecule has 0 aliphatic rings. The van der Waals surface area contributed by atoms with Crippen LogP contribution in [-0.4, -0.2) is 27.5 Å². The third-order valence-electron chi connectivity index (χ3n) is 1.84. The van der Waals surface area contributed by atoms with Gasteiger partial charge in [-0.05, 0) is 12.7 Å². The van der Waals surface area contributed by atoms with Crippen molar-refractivity contribution in [2.24, 2.45) is 0 Å². The fourth-order valence-corrected chi connectivity index (χ4v) is 1.77. The van der Waals surface area contributed by atoms with Gasteiger partial charge in [0.15, 0.2) is 0 Å². The molecule has 0 amide bonds. The first-order valence-corrected chi connectivity index (χ1v) is 6.03. The van der Waals surface area contributed by atoms with Gasteiger partial charge in [-0.2, -0.15) is 11.8 Å². The maximum absolute atomic E-state index is 3.97. The first kappa shape index (κ1) is 11.5. The molecule has 1 atom stereocenters. The average molecular weight is 211 g/mol. The molecule has 4 heteroatoms. The van der Waals surface area contributed by atoms with Gasteiger partial charge in [-0.1, -0.05) is 6.92 Å². The highest BCUT2D eigenvalue weighted by molar-refractivity contribution is 7.99. The van der Waals surface area contributed by atoms with Crippen molar-refractivity contribution in [2.75, 3.05) is 11.5 Å². The number of nitrogens with one attached hydrogen (secondary N) is 1. The Bertz CT molecular complexity index is 240. The predicted octanol–water partition coefficient (Wildman–Crippen LogP) is 1.71. The summed E-state index contributed by atoms with van der Waals surface area (Å²) in [6.07, 6.45) is 5.25. The molecule has 78 valence electrons. The maximum atomic E-state index is 3.97. The predicted molar refractivity (Wildman–Crippen MR) is 61.3 cm³/mol. The average Bonchev–Trinajstić information content (AvgIpc) is 2.25. The van der Waals surface area contributed by atoms with Crippen LogP contribution in [0.3, 0.4) is 0 Å². The Kier molecular flexibility index (Phi) is 5.56. The molecule has 0 aliphatic heterocycles. The van der Waals surface area contributed by atoms with E-state index in [2.05, 4.69) is 29.1 Å². The molecule has 1 N–H and O–H groups in total. The second kappa shape index (κ2) is 6.79. The van der Waals surface area contributed by atoms with Crippen LogP contribution in [0.2, 0.25) is 0 Å². The molecule has 3 nitrogen and oxygen atoms in total. The lowest BCUT2D eigenvalue weighted by Gasteiger charge is -2.12. The van der Waals surface area contributed by atoms with Crippen molar-refractivity contribution in [3.8, 4) is 0 Å². The van der Waals surface area contributed by atoms with Crippen LogP contribution in [0.5, 0.6) is 0 Å². The summed E-state index contributed by atoms with van der Waals surface area (Å²) in [5, 5.41) is 3.43. The number of thioether (sulfide) groups is 1. The molecule has 14 heavy (non-hydrogen) atoms. The lowest BCUT2D eigenvalue weighted by atomic mass is 10.3. The first-order chi connectivity index (χ1) is 6.83. The lowest BCUT2D eigenvalue weighted by Crippen LogP contribution is -2.27. The highest BCUT2D eigenvalue weighted by atomic mass is 32.2. The van der Waals surface area contributed by atoms with Crippen molar-refractivity contribution in [2.45, 2.75) is 26.4 Å². The molecule has 1 unspecified atom stereocenters. The van der Waals surface area contributed by atoms with Crippen molar-refractivity contribution in [1.29, 1.82) is 0 Å². The molecular weight excluding hydrogens is 194 g/mol. The number of rotatable bonds is 6. The van der Waals surface area contributed by atoms with Crippen LogP contribution >= 0.6 is 11.8 Å². The second-order valence-electron chi connectivity index (χ2n) is 3.19. The molecule has 1 aromatic rings. The Labute approximate surface area is 89.7 Å². The highest BCUT2D eigenvalue weighted by Crippen LogP contribution is 2.02. The van der Waals surface area contributed by atoms with Gasteiger partial charge >= 0.3 is 0 Å². The van der Waals surface area contributed by atoms with Gasteiger partial charge in [-0.25, -0.2) is 9.97 Å². The fraction of sp³-hybridized carbons (Fsp3) is 0.600. The van der Waals surface area contributed by atoms with E-state index in [-0.39, 0.29) is 0 Å². The Morgan fingerprint density at radius 3 is 2.79 bits per heavy atom. The summed E-state index contributed by atoms with van der Waals surface area (Å²) in [7, 11) is 0. The molecule has 1 aromatic heterocycles. The highest BCUT2D eigenvalue weighted by Gasteiger charge is 2.00. The van der Waals surface area contributed by atoms with Crippen LogP contribution in [0.15, 0.2) is 18.7 Å². The van der Waals surface area contributed by atoms with Gasteiger partial charge in [0, 0.05) is 36.3 Å². The summed E-state index contributed by atoms with van der Waals surface area (Å²) < 4.78 is 0. The zero-order valence-corrected chi connectivity index (χ0v) is 9.55. The van der Waals surface area contributed by atoms with E-state index < -0.39 is 0 Å². The summed E-state index contributed by atoms with van der Waals surface area (Å²) in [4.78, 5) is 7.94. The zero-order valence-electron chi connectivity index (χ0n) is 8.73. The second-order valence-corrected chi connectivity index (χ2v) is 4.51. The Hall–Kier alpha value is -0.610.